The van der Waals surface area contributed by atoms with Crippen LogP contribution < -0.4 is 0 Å². The van der Waals surface area contributed by atoms with Gasteiger partial charge in [-0.3, -0.25) is 9.79 Å². The van der Waals surface area contributed by atoms with Gasteiger partial charge in [0.15, 0.2) is 0 Å². The monoisotopic (exact) mass is 382 g/mol. The molecule has 6 heteroatoms. The van der Waals surface area contributed by atoms with E-state index in [1.54, 1.807) is 31.3 Å². The Morgan fingerprint density at radius 2 is 1.82 bits per heavy atom. The van der Waals surface area contributed by atoms with Crippen LogP contribution in [0.4, 0.5) is 4.39 Å². The summed E-state index contributed by atoms with van der Waals surface area (Å²) in [6.45, 7) is 0.722. The number of dihydropyridines is 1. The van der Waals surface area contributed by atoms with Gasteiger partial charge >= 0.3 is 5.97 Å². The molecule has 146 valence electrons. The molecule has 28 heavy (non-hydrogen) atoms. The van der Waals surface area contributed by atoms with E-state index in [1.807, 2.05) is 18.2 Å². The molecule has 3 rings (SSSR count). The second kappa shape index (κ2) is 10.8. The van der Waals surface area contributed by atoms with Gasteiger partial charge in [0.1, 0.15) is 11.6 Å². The third kappa shape index (κ3) is 6.46. The Morgan fingerprint density at radius 1 is 1.18 bits per heavy atom. The van der Waals surface area contributed by atoms with Crippen LogP contribution in [0, 0.1) is 5.82 Å². The summed E-state index contributed by atoms with van der Waals surface area (Å²) >= 11 is 0. The van der Waals surface area contributed by atoms with E-state index in [1.165, 1.54) is 31.0 Å². The third-order valence-electron chi connectivity index (χ3n) is 4.02. The third-order valence-corrected chi connectivity index (χ3v) is 4.02. The average molecular weight is 382 g/mol. The van der Waals surface area contributed by atoms with Crippen LogP contribution in [-0.4, -0.2) is 43.7 Å². The number of hydrogen-bond acceptors (Lipinski definition) is 5. The molecular weight excluding hydrogens is 359 g/mol. The minimum atomic E-state index is -0.254. The van der Waals surface area contributed by atoms with Gasteiger partial charge in [0.25, 0.3) is 0 Å². The summed E-state index contributed by atoms with van der Waals surface area (Å²) in [5, 5.41) is 9.33. The predicted molar refractivity (Wildman–Crippen MR) is 110 cm³/mol. The van der Waals surface area contributed by atoms with Crippen LogP contribution in [0.5, 0.6) is 5.75 Å². The number of allylic oxidation sites excluding steroid dienone is 1. The molecular formula is C22H23FN2O3. The number of hydrogen-bond donors (Lipinski definition) is 1. The number of aliphatic imine (C=N–C) groups is 2. The van der Waals surface area contributed by atoms with E-state index < -0.39 is 0 Å². The summed E-state index contributed by atoms with van der Waals surface area (Å²) in [6, 6.07) is 13.5. The van der Waals surface area contributed by atoms with Crippen molar-refractivity contribution in [2.45, 2.75) is 12.8 Å². The average Bonchev–Trinajstić information content (AvgIpc) is 2.73. The Bertz CT molecular complexity index is 870. The van der Waals surface area contributed by atoms with Crippen LogP contribution in [0.25, 0.3) is 5.57 Å². The Balaban J connectivity index is 0.000000300. The molecule has 5 nitrogen and oxygen atoms in total. The van der Waals surface area contributed by atoms with Crippen molar-refractivity contribution in [1.29, 1.82) is 0 Å². The number of nitrogens with zero attached hydrogens (tertiary/aromatic N) is 2. The van der Waals surface area contributed by atoms with Crippen LogP contribution in [-0.2, 0) is 9.53 Å². The largest absolute Gasteiger partial charge is 0.508 e. The number of rotatable bonds is 4. The second-order valence-corrected chi connectivity index (χ2v) is 5.96. The number of phenols is 1. The van der Waals surface area contributed by atoms with Crippen molar-refractivity contribution >= 4 is 23.5 Å². The lowest BCUT2D eigenvalue weighted by Crippen LogP contribution is -2.06. The topological polar surface area (TPSA) is 71.2 Å². The SMILES string of the molecule is CN=CCC(=O)OC.Oc1ccc(C2=CC(c3ccc(F)cc3)=NCC2)cc1. The van der Waals surface area contributed by atoms with Crippen LogP contribution >= 0.6 is 0 Å². The summed E-state index contributed by atoms with van der Waals surface area (Å²) in [6.07, 6.45) is 4.68. The zero-order valence-electron chi connectivity index (χ0n) is 15.9. The smallest absolute Gasteiger partial charge is 0.310 e. The lowest BCUT2D eigenvalue weighted by atomic mass is 9.96. The first kappa shape index (κ1) is 21.0. The minimum Gasteiger partial charge on any atom is -0.508 e. The fraction of sp³-hybridized carbons (Fsp3) is 0.227. The highest BCUT2D eigenvalue weighted by Gasteiger charge is 2.10. The van der Waals surface area contributed by atoms with Gasteiger partial charge in [-0.05, 0) is 65.6 Å². The first-order chi connectivity index (χ1) is 13.5. The lowest BCUT2D eigenvalue weighted by molar-refractivity contribution is -0.139. The van der Waals surface area contributed by atoms with E-state index >= 15 is 0 Å². The highest BCUT2D eigenvalue weighted by molar-refractivity contribution is 6.13. The van der Waals surface area contributed by atoms with Crippen LogP contribution in [0.15, 0.2) is 64.6 Å². The van der Waals surface area contributed by atoms with Crippen molar-refractivity contribution in [2.75, 3.05) is 20.7 Å². The lowest BCUT2D eigenvalue weighted by Gasteiger charge is -2.14. The molecule has 0 saturated carbocycles. The maximum absolute atomic E-state index is 13.0. The zero-order chi connectivity index (χ0) is 20.4. The summed E-state index contributed by atoms with van der Waals surface area (Å²) < 4.78 is 17.3. The Kier molecular flexibility index (Phi) is 8.09. The quantitative estimate of drug-likeness (QED) is 0.640. The number of halogens is 1. The van der Waals surface area contributed by atoms with Crippen molar-refractivity contribution in [3.8, 4) is 5.75 Å². The first-order valence-electron chi connectivity index (χ1n) is 8.81. The zero-order valence-corrected chi connectivity index (χ0v) is 15.9. The molecule has 1 aliphatic heterocycles. The van der Waals surface area contributed by atoms with Gasteiger partial charge in [-0.2, -0.15) is 0 Å². The molecule has 2 aromatic rings. The van der Waals surface area contributed by atoms with Gasteiger partial charge in [0, 0.05) is 19.8 Å². The summed E-state index contributed by atoms with van der Waals surface area (Å²) in [5.41, 5.74) is 4.05. The van der Waals surface area contributed by atoms with Crippen molar-refractivity contribution in [3.63, 3.8) is 0 Å². The fourth-order valence-electron chi connectivity index (χ4n) is 2.53. The molecule has 0 amide bonds. The number of ether oxygens (including phenoxy) is 1. The Labute approximate surface area is 163 Å². The molecule has 1 N–H and O–H groups in total. The number of phenolic OH excluding ortho intramolecular Hbond substituents is 1. The van der Waals surface area contributed by atoms with Crippen molar-refractivity contribution in [1.82, 2.24) is 0 Å². The maximum atomic E-state index is 13.0. The molecule has 0 aromatic heterocycles. The summed E-state index contributed by atoms with van der Waals surface area (Å²) in [7, 11) is 2.97. The minimum absolute atomic E-state index is 0.243. The van der Waals surface area contributed by atoms with Crippen molar-refractivity contribution < 1.29 is 19.0 Å². The first-order valence-corrected chi connectivity index (χ1v) is 8.81. The molecule has 1 heterocycles. The number of carbonyl (C=O) groups is 1. The predicted octanol–water partition coefficient (Wildman–Crippen LogP) is 4.06. The fourth-order valence-corrected chi connectivity index (χ4v) is 2.53. The number of aromatic hydroxyl groups is 1. The molecule has 0 bridgehead atoms. The molecule has 0 aliphatic carbocycles. The van der Waals surface area contributed by atoms with Gasteiger partial charge < -0.3 is 14.8 Å². The Hall–Kier alpha value is -3.28. The Morgan fingerprint density at radius 3 is 2.43 bits per heavy atom. The van der Waals surface area contributed by atoms with Gasteiger partial charge in [-0.15, -0.1) is 0 Å². The number of esters is 1. The van der Waals surface area contributed by atoms with E-state index in [0.29, 0.717) is 0 Å². The normalized spacial score (nSPS) is 13.2. The molecule has 0 unspecified atom stereocenters. The molecule has 0 saturated heterocycles. The summed E-state index contributed by atoms with van der Waals surface area (Å²) in [5.74, 6) is -0.235. The van der Waals surface area contributed by atoms with Gasteiger partial charge in [0.05, 0.1) is 19.2 Å². The molecule has 0 atom stereocenters. The molecule has 0 fully saturated rings. The van der Waals surface area contributed by atoms with E-state index in [0.717, 1.165) is 29.8 Å². The highest BCUT2D eigenvalue weighted by atomic mass is 19.1. The van der Waals surface area contributed by atoms with Gasteiger partial charge in [-0.1, -0.05) is 12.1 Å². The standard InChI is InChI=1S/C17H14FNO.C5H9NO2/c18-15-5-1-13(2-6-15)17-11-14(9-10-19-17)12-3-7-16(20)8-4-12;1-6-4-3-5(7)8-2/h1-8,11,20H,9-10H2;4H,3H2,1-2H3. The number of methoxy groups -OCH3 is 1. The molecule has 2 aromatic carbocycles. The van der Waals surface area contributed by atoms with Gasteiger partial charge in [0.2, 0.25) is 0 Å². The van der Waals surface area contributed by atoms with Crippen LogP contribution in [0.1, 0.15) is 24.0 Å². The van der Waals surface area contributed by atoms with E-state index in [9.17, 15) is 14.3 Å². The molecule has 1 aliphatic rings. The van der Waals surface area contributed by atoms with Crippen LogP contribution in [0.3, 0.4) is 0 Å². The van der Waals surface area contributed by atoms with E-state index in [4.69, 9.17) is 0 Å². The van der Waals surface area contributed by atoms with Gasteiger partial charge in [-0.25, -0.2) is 4.39 Å². The molecule has 0 radical (unpaired) electrons. The van der Waals surface area contributed by atoms with E-state index in [-0.39, 0.29) is 24.0 Å². The highest BCUT2D eigenvalue weighted by Crippen LogP contribution is 2.24. The molecule has 0 spiro atoms. The van der Waals surface area contributed by atoms with E-state index in [2.05, 4.69) is 14.7 Å². The van der Waals surface area contributed by atoms with Crippen molar-refractivity contribution in [3.05, 3.63) is 71.6 Å². The summed E-state index contributed by atoms with van der Waals surface area (Å²) in [4.78, 5) is 18.3. The van der Waals surface area contributed by atoms with Crippen LogP contribution in [0.2, 0.25) is 0 Å². The number of carbonyl (C=O) groups excluding carboxylic acids is 1. The number of benzene rings is 2. The second-order valence-electron chi connectivity index (χ2n) is 5.96. The van der Waals surface area contributed by atoms with Crippen molar-refractivity contribution in [2.24, 2.45) is 9.98 Å². The maximum Gasteiger partial charge on any atom is 0.310 e.